The van der Waals surface area contributed by atoms with Crippen molar-refractivity contribution < 1.29 is 19.0 Å². The number of nitrogens with zero attached hydrogens (tertiary/aromatic N) is 2. The number of likely N-dealkylation sites (N-methyl/N-ethyl adjacent to an activating group) is 1. The van der Waals surface area contributed by atoms with E-state index in [9.17, 15) is 19.1 Å². The zero-order valence-corrected chi connectivity index (χ0v) is 15.5. The normalized spacial score (nSPS) is 15.5. The van der Waals surface area contributed by atoms with Gasteiger partial charge in [0.2, 0.25) is 5.43 Å². The van der Waals surface area contributed by atoms with Crippen molar-refractivity contribution in [3.8, 4) is 5.75 Å². The maximum atomic E-state index is 14.6. The summed E-state index contributed by atoms with van der Waals surface area (Å²) >= 11 is 6.41. The van der Waals surface area contributed by atoms with Crippen LogP contribution in [0.4, 0.5) is 4.39 Å². The quantitative estimate of drug-likeness (QED) is 0.830. The molecule has 140 valence electrons. The van der Waals surface area contributed by atoms with Crippen LogP contribution in [-0.2, 0) is 0 Å². The second-order valence-corrected chi connectivity index (χ2v) is 7.21. The molecule has 1 fully saturated rings. The minimum absolute atomic E-state index is 0.00750. The van der Waals surface area contributed by atoms with Crippen molar-refractivity contribution in [2.45, 2.75) is 31.8 Å². The van der Waals surface area contributed by atoms with Crippen LogP contribution < -0.4 is 10.2 Å². The lowest BCUT2D eigenvalue weighted by Gasteiger charge is -2.21. The fraction of sp³-hybridized carbons (Fsp3) is 0.444. The minimum atomic E-state index is -1.34. The highest BCUT2D eigenvalue weighted by Gasteiger charge is 2.29. The van der Waals surface area contributed by atoms with Crippen LogP contribution in [0.3, 0.4) is 0 Å². The number of ether oxygens (including phenoxy) is 1. The number of carbonyl (C=O) groups is 1. The number of hydrogen-bond acceptors (Lipinski definition) is 4. The number of aromatic carboxylic acids is 1. The molecule has 0 amide bonds. The molecule has 3 rings (SSSR count). The molecule has 1 N–H and O–H groups in total. The Hall–Kier alpha value is -2.12. The molecular formula is C18H20ClFN2O4. The lowest BCUT2D eigenvalue weighted by Crippen LogP contribution is -2.30. The lowest BCUT2D eigenvalue weighted by molar-refractivity contribution is 0.0695. The van der Waals surface area contributed by atoms with E-state index >= 15 is 0 Å². The Morgan fingerprint density at radius 2 is 2.15 bits per heavy atom. The summed E-state index contributed by atoms with van der Waals surface area (Å²) in [5.41, 5.74) is -0.828. The van der Waals surface area contributed by atoms with Crippen molar-refractivity contribution in [1.82, 2.24) is 9.47 Å². The Kier molecular flexibility index (Phi) is 4.94. The molecule has 0 bridgehead atoms. The van der Waals surface area contributed by atoms with E-state index in [0.717, 1.165) is 18.9 Å². The van der Waals surface area contributed by atoms with E-state index in [1.165, 1.54) is 6.20 Å². The summed E-state index contributed by atoms with van der Waals surface area (Å²) < 4.78 is 21.8. The molecule has 0 radical (unpaired) electrons. The standard InChI is InChI=1S/C18H20ClFN2O4/c1-9(21(2)3)8-26-17-13(20)6-11-15(14(17)19)22(10-4-5-10)7-12(16(11)23)18(24)25/h6-7,9-10H,4-5,8H2,1-3H3,(H,24,25). The third-order valence-electron chi connectivity index (χ3n) is 4.69. The van der Waals surface area contributed by atoms with Crippen molar-refractivity contribution in [3.05, 3.63) is 38.9 Å². The van der Waals surface area contributed by atoms with Gasteiger partial charge in [-0.3, -0.25) is 4.79 Å². The van der Waals surface area contributed by atoms with Crippen LogP contribution in [0.25, 0.3) is 10.9 Å². The molecule has 1 heterocycles. The van der Waals surface area contributed by atoms with Crippen molar-refractivity contribution in [3.63, 3.8) is 0 Å². The smallest absolute Gasteiger partial charge is 0.341 e. The lowest BCUT2D eigenvalue weighted by atomic mass is 10.1. The average molecular weight is 383 g/mol. The first-order valence-corrected chi connectivity index (χ1v) is 8.69. The average Bonchev–Trinajstić information content (AvgIpc) is 3.39. The second kappa shape index (κ2) is 6.89. The third kappa shape index (κ3) is 3.29. The van der Waals surface area contributed by atoms with Crippen LogP contribution in [0.5, 0.6) is 5.75 Å². The Morgan fingerprint density at radius 3 is 2.69 bits per heavy atom. The van der Waals surface area contributed by atoms with Gasteiger partial charge in [0.1, 0.15) is 17.2 Å². The summed E-state index contributed by atoms with van der Waals surface area (Å²) in [6.45, 7) is 2.14. The Morgan fingerprint density at radius 1 is 1.50 bits per heavy atom. The van der Waals surface area contributed by atoms with Gasteiger partial charge in [0, 0.05) is 18.3 Å². The molecule has 8 heteroatoms. The number of benzene rings is 1. The summed E-state index contributed by atoms with van der Waals surface area (Å²) in [6, 6.07) is 1.10. The first-order chi connectivity index (χ1) is 12.2. The summed E-state index contributed by atoms with van der Waals surface area (Å²) in [5.74, 6) is -2.25. The Balaban J connectivity index is 2.18. The number of halogens is 2. The topological polar surface area (TPSA) is 71.8 Å². The summed E-state index contributed by atoms with van der Waals surface area (Å²) in [4.78, 5) is 25.8. The zero-order valence-electron chi connectivity index (χ0n) is 14.8. The van der Waals surface area contributed by atoms with Gasteiger partial charge in [-0.25, -0.2) is 9.18 Å². The first-order valence-electron chi connectivity index (χ1n) is 8.31. The molecule has 1 unspecified atom stereocenters. The first kappa shape index (κ1) is 18.7. The van der Waals surface area contributed by atoms with E-state index in [1.807, 2.05) is 25.9 Å². The molecule has 0 aliphatic heterocycles. The van der Waals surface area contributed by atoms with Gasteiger partial charge in [0.05, 0.1) is 10.9 Å². The van der Waals surface area contributed by atoms with Crippen LogP contribution in [0.15, 0.2) is 17.1 Å². The molecule has 26 heavy (non-hydrogen) atoms. The van der Waals surface area contributed by atoms with Crippen molar-refractivity contribution >= 4 is 28.5 Å². The molecule has 1 aromatic carbocycles. The van der Waals surface area contributed by atoms with Gasteiger partial charge in [-0.15, -0.1) is 0 Å². The highest BCUT2D eigenvalue weighted by molar-refractivity contribution is 6.36. The van der Waals surface area contributed by atoms with E-state index in [-0.39, 0.29) is 34.8 Å². The van der Waals surface area contributed by atoms with E-state index in [0.29, 0.717) is 5.52 Å². The molecule has 6 nitrogen and oxygen atoms in total. The number of fused-ring (bicyclic) bond motifs is 1. The van der Waals surface area contributed by atoms with E-state index in [1.54, 1.807) is 4.57 Å². The van der Waals surface area contributed by atoms with Gasteiger partial charge in [0.15, 0.2) is 11.6 Å². The van der Waals surface area contributed by atoms with Crippen LogP contribution in [-0.4, -0.2) is 47.3 Å². The molecule has 1 saturated carbocycles. The molecule has 1 aliphatic rings. The van der Waals surface area contributed by atoms with Gasteiger partial charge in [-0.2, -0.15) is 0 Å². The number of carboxylic acids is 1. The number of rotatable bonds is 6. The van der Waals surface area contributed by atoms with E-state index < -0.39 is 22.8 Å². The molecular weight excluding hydrogens is 363 g/mol. The summed E-state index contributed by atoms with van der Waals surface area (Å²) in [7, 11) is 3.76. The SMILES string of the molecule is CC(COc1c(F)cc2c(=O)c(C(=O)O)cn(C3CC3)c2c1Cl)N(C)C. The van der Waals surface area contributed by atoms with Crippen LogP contribution in [0.2, 0.25) is 5.02 Å². The number of pyridine rings is 1. The molecule has 1 atom stereocenters. The fourth-order valence-electron chi connectivity index (χ4n) is 2.70. The Bertz CT molecular complexity index is 937. The van der Waals surface area contributed by atoms with Gasteiger partial charge in [0.25, 0.3) is 0 Å². The molecule has 2 aromatic rings. The van der Waals surface area contributed by atoms with Crippen LogP contribution in [0, 0.1) is 5.82 Å². The second-order valence-electron chi connectivity index (χ2n) is 6.84. The van der Waals surface area contributed by atoms with Crippen LogP contribution >= 0.6 is 11.6 Å². The predicted molar refractivity (Wildman–Crippen MR) is 97.1 cm³/mol. The molecule has 0 saturated heterocycles. The summed E-state index contributed by atoms with van der Waals surface area (Å²) in [5, 5.41) is 9.22. The molecule has 0 spiro atoms. The van der Waals surface area contributed by atoms with Crippen LogP contribution in [0.1, 0.15) is 36.2 Å². The Labute approximate surface area is 154 Å². The maximum absolute atomic E-state index is 14.6. The van der Waals surface area contributed by atoms with Crippen molar-refractivity contribution in [1.29, 1.82) is 0 Å². The highest BCUT2D eigenvalue weighted by atomic mass is 35.5. The van der Waals surface area contributed by atoms with Crippen molar-refractivity contribution in [2.75, 3.05) is 20.7 Å². The summed E-state index contributed by atoms with van der Waals surface area (Å²) in [6.07, 6.45) is 2.98. The van der Waals surface area contributed by atoms with Gasteiger partial charge in [-0.05, 0) is 39.9 Å². The predicted octanol–water partition coefficient (Wildman–Crippen LogP) is 3.16. The number of hydrogen-bond donors (Lipinski definition) is 1. The minimum Gasteiger partial charge on any atom is -0.487 e. The largest absolute Gasteiger partial charge is 0.487 e. The van der Waals surface area contributed by atoms with E-state index in [2.05, 4.69) is 0 Å². The zero-order chi connectivity index (χ0) is 19.2. The van der Waals surface area contributed by atoms with Gasteiger partial charge >= 0.3 is 5.97 Å². The van der Waals surface area contributed by atoms with Gasteiger partial charge in [-0.1, -0.05) is 11.6 Å². The van der Waals surface area contributed by atoms with E-state index in [4.69, 9.17) is 16.3 Å². The van der Waals surface area contributed by atoms with Crippen molar-refractivity contribution in [2.24, 2.45) is 0 Å². The maximum Gasteiger partial charge on any atom is 0.341 e. The van der Waals surface area contributed by atoms with Gasteiger partial charge < -0.3 is 19.3 Å². The number of carboxylic acid groups (broad SMARTS) is 1. The number of aromatic nitrogens is 1. The highest BCUT2D eigenvalue weighted by Crippen LogP contribution is 2.41. The molecule has 1 aromatic heterocycles. The fourth-order valence-corrected chi connectivity index (χ4v) is 3.05. The third-order valence-corrected chi connectivity index (χ3v) is 5.04. The monoisotopic (exact) mass is 382 g/mol. The molecule has 1 aliphatic carbocycles.